The summed E-state index contributed by atoms with van der Waals surface area (Å²) < 4.78 is 2.72. The van der Waals surface area contributed by atoms with E-state index in [4.69, 9.17) is 11.6 Å². The van der Waals surface area contributed by atoms with Crippen LogP contribution in [0.5, 0.6) is 0 Å². The minimum absolute atomic E-state index is 0.797. The molecule has 0 unspecified atom stereocenters. The van der Waals surface area contributed by atoms with E-state index in [-0.39, 0.29) is 0 Å². The van der Waals surface area contributed by atoms with Gasteiger partial charge in [-0.2, -0.15) is 5.10 Å². The molecule has 0 saturated heterocycles. The predicted molar refractivity (Wildman–Crippen MR) is 83.4 cm³/mol. The normalized spacial score (nSPS) is 10.8. The van der Waals surface area contributed by atoms with Crippen LogP contribution in [0.25, 0.3) is 5.69 Å². The van der Waals surface area contributed by atoms with E-state index in [1.54, 1.807) is 17.5 Å². The summed E-state index contributed by atoms with van der Waals surface area (Å²) in [5.74, 6) is 0. The first-order valence-corrected chi connectivity index (χ1v) is 7.55. The van der Waals surface area contributed by atoms with Crippen molar-refractivity contribution in [3.8, 4) is 5.69 Å². The molecule has 0 amide bonds. The van der Waals surface area contributed by atoms with Gasteiger partial charge in [-0.15, -0.1) is 11.3 Å². The van der Waals surface area contributed by atoms with Gasteiger partial charge in [0.1, 0.15) is 0 Å². The summed E-state index contributed by atoms with van der Waals surface area (Å²) in [5.41, 5.74) is 2.33. The lowest BCUT2D eigenvalue weighted by molar-refractivity contribution is 0.693. The van der Waals surface area contributed by atoms with Crippen molar-refractivity contribution in [1.82, 2.24) is 15.1 Å². The van der Waals surface area contributed by atoms with Crippen molar-refractivity contribution in [1.29, 1.82) is 0 Å². The van der Waals surface area contributed by atoms with Gasteiger partial charge in [0.25, 0.3) is 0 Å². The van der Waals surface area contributed by atoms with Crippen LogP contribution in [0.2, 0.25) is 4.34 Å². The molecular weight excluding hydrogens is 290 g/mol. The molecule has 2 aromatic heterocycles. The van der Waals surface area contributed by atoms with E-state index >= 15 is 0 Å². The Kier molecular flexibility index (Phi) is 4.16. The van der Waals surface area contributed by atoms with E-state index in [2.05, 4.69) is 28.6 Å². The molecular formula is C15H14ClN3S. The number of benzene rings is 1. The van der Waals surface area contributed by atoms with Crippen LogP contribution in [0.15, 0.2) is 54.9 Å². The fraction of sp³-hybridized carbons (Fsp3) is 0.133. The molecule has 3 rings (SSSR count). The third kappa shape index (κ3) is 3.10. The van der Waals surface area contributed by atoms with E-state index in [0.29, 0.717) is 0 Å². The van der Waals surface area contributed by atoms with Crippen LogP contribution in [0.3, 0.4) is 0 Å². The molecule has 0 aliphatic carbocycles. The number of nitrogens with zero attached hydrogens (tertiary/aromatic N) is 2. The summed E-state index contributed by atoms with van der Waals surface area (Å²) in [4.78, 5) is 1.24. The van der Waals surface area contributed by atoms with Gasteiger partial charge in [-0.3, -0.25) is 0 Å². The Bertz CT molecular complexity index is 676. The number of thiophene rings is 1. The maximum absolute atomic E-state index is 5.93. The maximum Gasteiger partial charge on any atom is 0.0931 e. The van der Waals surface area contributed by atoms with Crippen molar-refractivity contribution in [3.05, 3.63) is 69.6 Å². The van der Waals surface area contributed by atoms with Gasteiger partial charge in [0.15, 0.2) is 0 Å². The highest BCUT2D eigenvalue weighted by atomic mass is 35.5. The average molecular weight is 304 g/mol. The van der Waals surface area contributed by atoms with Crippen LogP contribution in [0.1, 0.15) is 10.4 Å². The minimum atomic E-state index is 0.797. The lowest BCUT2D eigenvalue weighted by atomic mass is 10.2. The topological polar surface area (TPSA) is 29.9 Å². The molecule has 5 heteroatoms. The lowest BCUT2D eigenvalue weighted by Crippen LogP contribution is -2.13. The van der Waals surface area contributed by atoms with Crippen molar-refractivity contribution < 1.29 is 0 Å². The molecule has 0 aliphatic rings. The molecule has 20 heavy (non-hydrogen) atoms. The fourth-order valence-corrected chi connectivity index (χ4v) is 3.12. The van der Waals surface area contributed by atoms with Gasteiger partial charge in [0.2, 0.25) is 0 Å². The first-order chi connectivity index (χ1) is 9.83. The Labute approximate surface area is 126 Å². The Balaban J connectivity index is 1.68. The van der Waals surface area contributed by atoms with Gasteiger partial charge in [-0.1, -0.05) is 29.8 Å². The fourth-order valence-electron chi connectivity index (χ4n) is 2.06. The van der Waals surface area contributed by atoms with Gasteiger partial charge in [-0.05, 0) is 29.8 Å². The van der Waals surface area contributed by atoms with E-state index in [1.807, 2.05) is 35.1 Å². The summed E-state index contributed by atoms with van der Waals surface area (Å²) in [6.07, 6.45) is 3.75. The molecule has 0 atom stereocenters. The zero-order valence-electron chi connectivity index (χ0n) is 10.8. The van der Waals surface area contributed by atoms with Crippen LogP contribution in [-0.4, -0.2) is 9.78 Å². The molecule has 0 spiro atoms. The summed E-state index contributed by atoms with van der Waals surface area (Å²) in [5, 5.41) is 7.73. The van der Waals surface area contributed by atoms with Crippen molar-refractivity contribution in [2.45, 2.75) is 13.1 Å². The summed E-state index contributed by atoms with van der Waals surface area (Å²) in [7, 11) is 0. The van der Waals surface area contributed by atoms with Gasteiger partial charge >= 0.3 is 0 Å². The molecule has 1 N–H and O–H groups in total. The number of nitrogens with one attached hydrogen (secondary N) is 1. The zero-order valence-corrected chi connectivity index (χ0v) is 12.4. The maximum atomic E-state index is 5.93. The predicted octanol–water partition coefficient (Wildman–Crippen LogP) is 3.88. The van der Waals surface area contributed by atoms with Crippen molar-refractivity contribution >= 4 is 22.9 Å². The molecule has 2 heterocycles. The van der Waals surface area contributed by atoms with Crippen molar-refractivity contribution in [2.75, 3.05) is 0 Å². The minimum Gasteiger partial charge on any atom is -0.308 e. The van der Waals surface area contributed by atoms with E-state index in [0.717, 1.165) is 23.1 Å². The molecule has 102 valence electrons. The number of halogens is 1. The van der Waals surface area contributed by atoms with Gasteiger partial charge in [-0.25, -0.2) is 4.68 Å². The SMILES string of the molecule is Clc1ccc(CNCc2ccccc2-n2cccn2)s1. The van der Waals surface area contributed by atoms with E-state index in [1.165, 1.54) is 10.4 Å². The highest BCUT2D eigenvalue weighted by Gasteiger charge is 2.04. The van der Waals surface area contributed by atoms with Gasteiger partial charge < -0.3 is 5.32 Å². The molecule has 3 nitrogen and oxygen atoms in total. The lowest BCUT2D eigenvalue weighted by Gasteiger charge is -2.10. The zero-order chi connectivity index (χ0) is 13.8. The second-order valence-electron chi connectivity index (χ2n) is 4.39. The Morgan fingerprint density at radius 1 is 1.10 bits per heavy atom. The summed E-state index contributed by atoms with van der Waals surface area (Å²) in [6.45, 7) is 1.62. The summed E-state index contributed by atoms with van der Waals surface area (Å²) >= 11 is 7.54. The van der Waals surface area contributed by atoms with Crippen LogP contribution in [0, 0.1) is 0 Å². The Morgan fingerprint density at radius 2 is 2.00 bits per heavy atom. The van der Waals surface area contributed by atoms with Crippen LogP contribution in [-0.2, 0) is 13.1 Å². The van der Waals surface area contributed by atoms with Gasteiger partial charge in [0.05, 0.1) is 10.0 Å². The van der Waals surface area contributed by atoms with E-state index in [9.17, 15) is 0 Å². The third-order valence-electron chi connectivity index (χ3n) is 2.99. The number of para-hydroxylation sites is 1. The second-order valence-corrected chi connectivity index (χ2v) is 6.19. The van der Waals surface area contributed by atoms with Crippen molar-refractivity contribution in [3.63, 3.8) is 0 Å². The highest BCUT2D eigenvalue weighted by molar-refractivity contribution is 7.16. The molecule has 0 saturated carbocycles. The highest BCUT2D eigenvalue weighted by Crippen LogP contribution is 2.21. The second kappa shape index (κ2) is 6.22. The number of rotatable bonds is 5. The molecule has 0 bridgehead atoms. The number of hydrogen-bond acceptors (Lipinski definition) is 3. The van der Waals surface area contributed by atoms with Gasteiger partial charge in [0, 0.05) is 30.4 Å². The van der Waals surface area contributed by atoms with Crippen LogP contribution in [0.4, 0.5) is 0 Å². The van der Waals surface area contributed by atoms with Crippen molar-refractivity contribution in [2.24, 2.45) is 0 Å². The number of aromatic nitrogens is 2. The molecule has 0 aliphatic heterocycles. The summed E-state index contributed by atoms with van der Waals surface area (Å²) in [6, 6.07) is 14.2. The Hall–Kier alpha value is -1.62. The van der Waals surface area contributed by atoms with Crippen LogP contribution < -0.4 is 5.32 Å². The molecule has 3 aromatic rings. The quantitative estimate of drug-likeness (QED) is 0.775. The smallest absolute Gasteiger partial charge is 0.0931 e. The molecule has 1 aromatic carbocycles. The van der Waals surface area contributed by atoms with Crippen LogP contribution >= 0.6 is 22.9 Å². The Morgan fingerprint density at radius 3 is 2.75 bits per heavy atom. The first kappa shape index (κ1) is 13.4. The monoisotopic (exact) mass is 303 g/mol. The van der Waals surface area contributed by atoms with E-state index < -0.39 is 0 Å². The number of hydrogen-bond donors (Lipinski definition) is 1. The average Bonchev–Trinajstić information content (AvgIpc) is 3.11. The largest absolute Gasteiger partial charge is 0.308 e. The first-order valence-electron chi connectivity index (χ1n) is 6.36. The third-order valence-corrected chi connectivity index (χ3v) is 4.22. The molecule has 0 radical (unpaired) electrons. The standard InChI is InChI=1S/C15H14ClN3S/c16-15-7-6-13(20-15)11-17-10-12-4-1-2-5-14(12)19-9-3-8-18-19/h1-9,17H,10-11H2. The molecule has 0 fully saturated rings.